The van der Waals surface area contributed by atoms with Crippen molar-refractivity contribution in [3.8, 4) is 5.75 Å². The fourth-order valence-electron chi connectivity index (χ4n) is 1.16. The average Bonchev–Trinajstić information content (AvgIpc) is 2.19. The molecule has 0 aromatic heterocycles. The SMILES string of the molecule is CCc1ccc(OC(=O)C(C)(C)C)c(N)c1. The van der Waals surface area contributed by atoms with Gasteiger partial charge in [-0.05, 0) is 44.9 Å². The highest BCUT2D eigenvalue weighted by molar-refractivity contribution is 5.79. The maximum Gasteiger partial charge on any atom is 0.316 e. The Morgan fingerprint density at radius 1 is 1.38 bits per heavy atom. The number of aryl methyl sites for hydroxylation is 1. The van der Waals surface area contributed by atoms with Crippen LogP contribution in [-0.2, 0) is 11.2 Å². The molecular weight excluding hydrogens is 202 g/mol. The number of nitrogens with two attached hydrogens (primary N) is 1. The lowest BCUT2D eigenvalue weighted by molar-refractivity contribution is -0.142. The minimum atomic E-state index is -0.518. The number of hydrogen-bond donors (Lipinski definition) is 1. The van der Waals surface area contributed by atoms with Gasteiger partial charge in [-0.15, -0.1) is 0 Å². The number of hydrogen-bond acceptors (Lipinski definition) is 3. The van der Waals surface area contributed by atoms with Crippen molar-refractivity contribution < 1.29 is 9.53 Å². The molecule has 88 valence electrons. The Labute approximate surface area is 96.6 Å². The molecule has 0 saturated carbocycles. The largest absolute Gasteiger partial charge is 0.424 e. The quantitative estimate of drug-likeness (QED) is 0.474. The van der Waals surface area contributed by atoms with Gasteiger partial charge in [0.15, 0.2) is 5.75 Å². The van der Waals surface area contributed by atoms with Crippen molar-refractivity contribution in [3.05, 3.63) is 23.8 Å². The molecule has 0 spiro atoms. The van der Waals surface area contributed by atoms with E-state index >= 15 is 0 Å². The molecule has 2 N–H and O–H groups in total. The number of rotatable bonds is 2. The molecule has 3 nitrogen and oxygen atoms in total. The van der Waals surface area contributed by atoms with Crippen molar-refractivity contribution in [3.63, 3.8) is 0 Å². The Morgan fingerprint density at radius 3 is 2.44 bits per heavy atom. The second-order valence-corrected chi connectivity index (χ2v) is 4.87. The van der Waals surface area contributed by atoms with Crippen LogP contribution in [0.1, 0.15) is 33.3 Å². The van der Waals surface area contributed by atoms with Gasteiger partial charge in [0.2, 0.25) is 0 Å². The average molecular weight is 221 g/mol. The van der Waals surface area contributed by atoms with Crippen LogP contribution < -0.4 is 10.5 Å². The van der Waals surface area contributed by atoms with Gasteiger partial charge in [-0.1, -0.05) is 13.0 Å². The summed E-state index contributed by atoms with van der Waals surface area (Å²) in [5.74, 6) is 0.167. The number of carbonyl (C=O) groups is 1. The summed E-state index contributed by atoms with van der Waals surface area (Å²) in [5, 5.41) is 0. The highest BCUT2D eigenvalue weighted by Gasteiger charge is 2.24. The normalized spacial score (nSPS) is 11.2. The third-order valence-electron chi connectivity index (χ3n) is 2.30. The lowest BCUT2D eigenvalue weighted by Crippen LogP contribution is -2.25. The number of anilines is 1. The molecular formula is C13H19NO2. The molecule has 0 radical (unpaired) electrons. The number of benzene rings is 1. The van der Waals surface area contributed by atoms with E-state index in [4.69, 9.17) is 10.5 Å². The van der Waals surface area contributed by atoms with Gasteiger partial charge >= 0.3 is 5.97 Å². The molecule has 0 aliphatic carbocycles. The zero-order chi connectivity index (χ0) is 12.3. The van der Waals surface area contributed by atoms with E-state index in [-0.39, 0.29) is 5.97 Å². The fraction of sp³-hybridized carbons (Fsp3) is 0.462. The molecule has 16 heavy (non-hydrogen) atoms. The van der Waals surface area contributed by atoms with E-state index in [0.717, 1.165) is 12.0 Å². The Kier molecular flexibility index (Phi) is 3.58. The highest BCUT2D eigenvalue weighted by atomic mass is 16.5. The van der Waals surface area contributed by atoms with E-state index in [9.17, 15) is 4.79 Å². The molecule has 0 aliphatic rings. The summed E-state index contributed by atoms with van der Waals surface area (Å²) >= 11 is 0. The predicted octanol–water partition coefficient (Wildman–Crippen LogP) is 2.78. The van der Waals surface area contributed by atoms with Crippen LogP contribution in [0.3, 0.4) is 0 Å². The molecule has 0 unspecified atom stereocenters. The first kappa shape index (κ1) is 12.6. The summed E-state index contributed by atoms with van der Waals surface area (Å²) in [4.78, 5) is 11.7. The molecule has 3 heteroatoms. The molecule has 0 amide bonds. The van der Waals surface area contributed by atoms with Crippen molar-refractivity contribution in [1.82, 2.24) is 0 Å². The Morgan fingerprint density at radius 2 is 2.00 bits per heavy atom. The van der Waals surface area contributed by atoms with E-state index in [1.807, 2.05) is 32.9 Å². The van der Waals surface area contributed by atoms with Crippen LogP contribution in [0.15, 0.2) is 18.2 Å². The first-order valence-corrected chi connectivity index (χ1v) is 5.45. The Bertz CT molecular complexity index is 391. The standard InChI is InChI=1S/C13H19NO2/c1-5-9-6-7-11(10(14)8-9)16-12(15)13(2,3)4/h6-8H,5,14H2,1-4H3. The lowest BCUT2D eigenvalue weighted by atomic mass is 9.97. The predicted molar refractivity (Wildman–Crippen MR) is 65.3 cm³/mol. The molecule has 1 aromatic carbocycles. The summed E-state index contributed by atoms with van der Waals surface area (Å²) in [6, 6.07) is 5.50. The molecule has 0 fully saturated rings. The maximum absolute atomic E-state index is 11.7. The smallest absolute Gasteiger partial charge is 0.316 e. The van der Waals surface area contributed by atoms with Crippen molar-refractivity contribution in [2.75, 3.05) is 5.73 Å². The Hall–Kier alpha value is -1.51. The van der Waals surface area contributed by atoms with Crippen LogP contribution in [0.25, 0.3) is 0 Å². The molecule has 0 saturated heterocycles. The van der Waals surface area contributed by atoms with Gasteiger partial charge in [0.25, 0.3) is 0 Å². The van der Waals surface area contributed by atoms with Gasteiger partial charge < -0.3 is 10.5 Å². The minimum absolute atomic E-state index is 0.275. The van der Waals surface area contributed by atoms with Gasteiger partial charge in [-0.25, -0.2) is 0 Å². The fourth-order valence-corrected chi connectivity index (χ4v) is 1.16. The van der Waals surface area contributed by atoms with E-state index in [1.54, 1.807) is 6.07 Å². The van der Waals surface area contributed by atoms with Crippen LogP contribution >= 0.6 is 0 Å². The van der Waals surface area contributed by atoms with Crippen LogP contribution in [0.5, 0.6) is 5.75 Å². The highest BCUT2D eigenvalue weighted by Crippen LogP contribution is 2.26. The van der Waals surface area contributed by atoms with Crippen molar-refractivity contribution in [2.24, 2.45) is 5.41 Å². The monoisotopic (exact) mass is 221 g/mol. The summed E-state index contributed by atoms with van der Waals surface area (Å²) in [5.41, 5.74) is 6.94. The zero-order valence-corrected chi connectivity index (χ0v) is 10.3. The molecule has 0 bridgehead atoms. The molecule has 0 aliphatic heterocycles. The second-order valence-electron chi connectivity index (χ2n) is 4.87. The zero-order valence-electron chi connectivity index (χ0n) is 10.3. The topological polar surface area (TPSA) is 52.3 Å². The van der Waals surface area contributed by atoms with E-state index < -0.39 is 5.41 Å². The van der Waals surface area contributed by atoms with E-state index in [1.165, 1.54) is 0 Å². The lowest BCUT2D eigenvalue weighted by Gasteiger charge is -2.17. The number of carbonyl (C=O) groups excluding carboxylic acids is 1. The molecule has 0 heterocycles. The summed E-state index contributed by atoms with van der Waals surface area (Å²) in [6.45, 7) is 7.49. The summed E-state index contributed by atoms with van der Waals surface area (Å²) < 4.78 is 5.25. The summed E-state index contributed by atoms with van der Waals surface area (Å²) in [6.07, 6.45) is 0.914. The van der Waals surface area contributed by atoms with Gasteiger partial charge in [-0.3, -0.25) is 4.79 Å². The summed E-state index contributed by atoms with van der Waals surface area (Å²) in [7, 11) is 0. The van der Waals surface area contributed by atoms with Gasteiger partial charge in [-0.2, -0.15) is 0 Å². The first-order chi connectivity index (χ1) is 7.34. The number of ether oxygens (including phenoxy) is 1. The van der Waals surface area contributed by atoms with Crippen LogP contribution in [0.4, 0.5) is 5.69 Å². The minimum Gasteiger partial charge on any atom is -0.424 e. The van der Waals surface area contributed by atoms with Crippen LogP contribution in [-0.4, -0.2) is 5.97 Å². The second kappa shape index (κ2) is 4.56. The van der Waals surface area contributed by atoms with Crippen LogP contribution in [0.2, 0.25) is 0 Å². The molecule has 1 rings (SSSR count). The maximum atomic E-state index is 11.7. The van der Waals surface area contributed by atoms with E-state index in [0.29, 0.717) is 11.4 Å². The van der Waals surface area contributed by atoms with Crippen molar-refractivity contribution >= 4 is 11.7 Å². The number of esters is 1. The van der Waals surface area contributed by atoms with Crippen molar-refractivity contribution in [2.45, 2.75) is 34.1 Å². The van der Waals surface area contributed by atoms with Crippen molar-refractivity contribution in [1.29, 1.82) is 0 Å². The Balaban J connectivity index is 2.87. The van der Waals surface area contributed by atoms with Gasteiger partial charge in [0, 0.05) is 0 Å². The van der Waals surface area contributed by atoms with E-state index in [2.05, 4.69) is 6.92 Å². The third-order valence-corrected chi connectivity index (χ3v) is 2.30. The third kappa shape index (κ3) is 2.99. The molecule has 0 atom stereocenters. The van der Waals surface area contributed by atoms with Crippen LogP contribution in [0, 0.1) is 5.41 Å². The molecule has 1 aromatic rings. The number of nitrogen functional groups attached to an aromatic ring is 1. The van der Waals surface area contributed by atoms with Gasteiger partial charge in [0.1, 0.15) is 0 Å². The first-order valence-electron chi connectivity index (χ1n) is 5.45. The van der Waals surface area contributed by atoms with Gasteiger partial charge in [0.05, 0.1) is 11.1 Å².